The molecule has 4 aromatic rings. The minimum Gasteiger partial charge on any atom is -0.493 e. The molecule has 1 atom stereocenters. The normalized spacial score (nSPS) is 12.0. The zero-order valence-electron chi connectivity index (χ0n) is 23.0. The van der Waals surface area contributed by atoms with Crippen LogP contribution in [0.5, 0.6) is 23.0 Å². The number of hydrogen-bond donors (Lipinski definition) is 1. The standard InChI is InChI=1S/C30H35N3O6/c1-32(14-12-20-15-27(36-3)29(38-5)28(16-20)37-4)18-22(34)19-39-23-10-8-21(9-11-23)26-17-25-24(7-6-13-31-25)30(35)33(26)2/h6-11,13,15-17,22,34H,12,14,18-19H2,1-5H3. The molecule has 1 unspecified atom stereocenters. The first kappa shape index (κ1) is 27.9. The molecule has 0 bridgehead atoms. The van der Waals surface area contributed by atoms with Crippen LogP contribution in [0.15, 0.2) is 65.6 Å². The molecule has 0 fully saturated rings. The van der Waals surface area contributed by atoms with Gasteiger partial charge >= 0.3 is 0 Å². The first-order valence-electron chi connectivity index (χ1n) is 12.7. The monoisotopic (exact) mass is 533 g/mol. The van der Waals surface area contributed by atoms with Gasteiger partial charge in [0.2, 0.25) is 5.75 Å². The molecule has 0 aliphatic heterocycles. The van der Waals surface area contributed by atoms with Crippen LogP contribution >= 0.6 is 0 Å². The van der Waals surface area contributed by atoms with E-state index in [9.17, 15) is 9.90 Å². The van der Waals surface area contributed by atoms with Gasteiger partial charge in [-0.25, -0.2) is 0 Å². The highest BCUT2D eigenvalue weighted by Gasteiger charge is 2.15. The molecule has 0 aliphatic rings. The van der Waals surface area contributed by atoms with Crippen LogP contribution in [0.4, 0.5) is 0 Å². The number of aromatic nitrogens is 2. The van der Waals surface area contributed by atoms with E-state index in [1.165, 1.54) is 0 Å². The number of rotatable bonds is 12. The Balaban J connectivity index is 1.31. The summed E-state index contributed by atoms with van der Waals surface area (Å²) in [6.45, 7) is 1.34. The van der Waals surface area contributed by atoms with E-state index < -0.39 is 6.10 Å². The topological polar surface area (TPSA) is 95.3 Å². The molecular formula is C30H35N3O6. The van der Waals surface area contributed by atoms with E-state index in [1.54, 1.807) is 51.3 Å². The number of methoxy groups -OCH3 is 3. The highest BCUT2D eigenvalue weighted by atomic mass is 16.5. The van der Waals surface area contributed by atoms with Crippen LogP contribution in [0.3, 0.4) is 0 Å². The van der Waals surface area contributed by atoms with Crippen molar-refractivity contribution in [3.05, 3.63) is 76.7 Å². The average molecular weight is 534 g/mol. The summed E-state index contributed by atoms with van der Waals surface area (Å²) in [6.07, 6.45) is 1.76. The summed E-state index contributed by atoms with van der Waals surface area (Å²) in [7, 11) is 8.49. The molecule has 2 aromatic carbocycles. The van der Waals surface area contributed by atoms with Gasteiger partial charge in [0, 0.05) is 26.3 Å². The Hall–Kier alpha value is -4.08. The van der Waals surface area contributed by atoms with Crippen molar-refractivity contribution >= 4 is 10.9 Å². The largest absolute Gasteiger partial charge is 0.493 e. The second-order valence-electron chi connectivity index (χ2n) is 9.36. The van der Waals surface area contributed by atoms with Gasteiger partial charge in [-0.15, -0.1) is 0 Å². The molecule has 9 nitrogen and oxygen atoms in total. The molecular weight excluding hydrogens is 498 g/mol. The number of aliphatic hydroxyl groups excluding tert-OH is 1. The van der Waals surface area contributed by atoms with Crippen LogP contribution in [-0.2, 0) is 13.5 Å². The smallest absolute Gasteiger partial charge is 0.260 e. The summed E-state index contributed by atoms with van der Waals surface area (Å²) < 4.78 is 23.7. The Labute approximate surface area is 228 Å². The molecule has 206 valence electrons. The van der Waals surface area contributed by atoms with Crippen molar-refractivity contribution in [2.75, 3.05) is 48.1 Å². The van der Waals surface area contributed by atoms with Crippen LogP contribution in [-0.4, -0.2) is 73.7 Å². The maximum Gasteiger partial charge on any atom is 0.260 e. The van der Waals surface area contributed by atoms with Gasteiger partial charge in [-0.1, -0.05) is 0 Å². The quantitative estimate of drug-likeness (QED) is 0.296. The lowest BCUT2D eigenvalue weighted by Gasteiger charge is -2.21. The van der Waals surface area contributed by atoms with Crippen molar-refractivity contribution in [3.8, 4) is 34.3 Å². The van der Waals surface area contributed by atoms with E-state index in [-0.39, 0.29) is 12.2 Å². The van der Waals surface area contributed by atoms with Crippen LogP contribution in [0.1, 0.15) is 5.56 Å². The van der Waals surface area contributed by atoms with E-state index in [0.717, 1.165) is 29.8 Å². The highest BCUT2D eigenvalue weighted by Crippen LogP contribution is 2.38. The van der Waals surface area contributed by atoms with Crippen molar-refractivity contribution < 1.29 is 24.1 Å². The highest BCUT2D eigenvalue weighted by molar-refractivity contribution is 5.81. The summed E-state index contributed by atoms with van der Waals surface area (Å²) in [4.78, 5) is 19.1. The molecule has 2 aromatic heterocycles. The van der Waals surface area contributed by atoms with Gasteiger partial charge in [0.25, 0.3) is 5.56 Å². The SMILES string of the molecule is COc1cc(CCN(C)CC(O)COc2ccc(-c3cc4ncccc4c(=O)n3C)cc2)cc(OC)c1OC. The molecule has 0 aliphatic carbocycles. The van der Waals surface area contributed by atoms with E-state index in [4.69, 9.17) is 18.9 Å². The first-order valence-corrected chi connectivity index (χ1v) is 12.7. The van der Waals surface area contributed by atoms with Crippen molar-refractivity contribution in [1.29, 1.82) is 0 Å². The molecule has 4 rings (SSSR count). The number of aliphatic hydroxyl groups is 1. The molecule has 2 heterocycles. The van der Waals surface area contributed by atoms with Gasteiger partial charge in [0.05, 0.1) is 37.9 Å². The minimum absolute atomic E-state index is 0.0894. The zero-order chi connectivity index (χ0) is 27.9. The predicted molar refractivity (Wildman–Crippen MR) is 151 cm³/mol. The van der Waals surface area contributed by atoms with Crippen LogP contribution in [0.25, 0.3) is 22.2 Å². The summed E-state index contributed by atoms with van der Waals surface area (Å²) in [5, 5.41) is 11.1. The van der Waals surface area contributed by atoms with Gasteiger partial charge in [-0.05, 0) is 79.2 Å². The van der Waals surface area contributed by atoms with Crippen molar-refractivity contribution in [2.45, 2.75) is 12.5 Å². The molecule has 0 saturated carbocycles. The first-order chi connectivity index (χ1) is 18.8. The molecule has 9 heteroatoms. The Kier molecular flexibility index (Phi) is 9.06. The molecule has 39 heavy (non-hydrogen) atoms. The van der Waals surface area contributed by atoms with Gasteiger partial charge in [-0.2, -0.15) is 0 Å². The van der Waals surface area contributed by atoms with Crippen molar-refractivity contribution in [3.63, 3.8) is 0 Å². The second kappa shape index (κ2) is 12.6. The fourth-order valence-corrected chi connectivity index (χ4v) is 4.52. The Morgan fingerprint density at radius 1 is 1.00 bits per heavy atom. The van der Waals surface area contributed by atoms with Crippen LogP contribution in [0, 0.1) is 0 Å². The predicted octanol–water partition coefficient (Wildman–Crippen LogP) is 3.54. The van der Waals surface area contributed by atoms with Gasteiger partial charge in [0.15, 0.2) is 11.5 Å². The third-order valence-electron chi connectivity index (χ3n) is 6.63. The third-order valence-corrected chi connectivity index (χ3v) is 6.63. The van der Waals surface area contributed by atoms with E-state index in [2.05, 4.69) is 9.88 Å². The fourth-order valence-electron chi connectivity index (χ4n) is 4.52. The van der Waals surface area contributed by atoms with Gasteiger partial charge in [0.1, 0.15) is 18.5 Å². The molecule has 0 spiro atoms. The van der Waals surface area contributed by atoms with Gasteiger partial charge < -0.3 is 33.5 Å². The average Bonchev–Trinajstić information content (AvgIpc) is 2.96. The number of nitrogens with zero attached hydrogens (tertiary/aromatic N) is 3. The van der Waals surface area contributed by atoms with Crippen LogP contribution in [0.2, 0.25) is 0 Å². The van der Waals surface area contributed by atoms with Crippen LogP contribution < -0.4 is 24.5 Å². The van der Waals surface area contributed by atoms with E-state index in [0.29, 0.717) is 40.4 Å². The number of hydrogen-bond acceptors (Lipinski definition) is 8. The summed E-state index contributed by atoms with van der Waals surface area (Å²) in [5.41, 5.74) is 3.26. The number of benzene rings is 2. The Bertz CT molecular complexity index is 1440. The maximum atomic E-state index is 12.7. The number of likely N-dealkylation sites (N-methyl/N-ethyl adjacent to an activating group) is 1. The lowest BCUT2D eigenvalue weighted by molar-refractivity contribution is 0.0767. The molecule has 0 amide bonds. The maximum absolute atomic E-state index is 12.7. The summed E-state index contributed by atoms with van der Waals surface area (Å²) in [6, 6.07) is 16.8. The summed E-state index contributed by atoms with van der Waals surface area (Å²) >= 11 is 0. The lowest BCUT2D eigenvalue weighted by atomic mass is 10.1. The Morgan fingerprint density at radius 3 is 2.33 bits per heavy atom. The third kappa shape index (κ3) is 6.50. The summed E-state index contributed by atoms with van der Waals surface area (Å²) in [5.74, 6) is 2.44. The zero-order valence-corrected chi connectivity index (χ0v) is 23.0. The number of pyridine rings is 2. The Morgan fingerprint density at radius 2 is 1.69 bits per heavy atom. The van der Waals surface area contributed by atoms with Crippen molar-refractivity contribution in [1.82, 2.24) is 14.5 Å². The lowest BCUT2D eigenvalue weighted by Crippen LogP contribution is -2.34. The molecule has 0 radical (unpaired) electrons. The van der Waals surface area contributed by atoms with E-state index >= 15 is 0 Å². The molecule has 1 N–H and O–H groups in total. The number of ether oxygens (including phenoxy) is 4. The molecule has 0 saturated heterocycles. The van der Waals surface area contributed by atoms with E-state index in [1.807, 2.05) is 49.5 Å². The fraction of sp³-hybridized carbons (Fsp3) is 0.333. The van der Waals surface area contributed by atoms with Gasteiger partial charge in [-0.3, -0.25) is 9.78 Å². The minimum atomic E-state index is -0.665. The number of fused-ring (bicyclic) bond motifs is 1. The second-order valence-corrected chi connectivity index (χ2v) is 9.36. The van der Waals surface area contributed by atoms with Crippen molar-refractivity contribution in [2.24, 2.45) is 7.05 Å².